The first-order valence-corrected chi connectivity index (χ1v) is 8.08. The molecular formula is C18H22F2O2. The Morgan fingerprint density at radius 1 is 1.27 bits per heavy atom. The van der Waals surface area contributed by atoms with Gasteiger partial charge < -0.3 is 9.47 Å². The van der Waals surface area contributed by atoms with Gasteiger partial charge in [0, 0.05) is 5.56 Å². The van der Waals surface area contributed by atoms with Gasteiger partial charge in [0.1, 0.15) is 0 Å². The molecule has 1 aromatic rings. The molecule has 3 rings (SSSR count). The fourth-order valence-corrected chi connectivity index (χ4v) is 3.13. The second-order valence-electron chi connectivity index (χ2n) is 6.19. The zero-order valence-electron chi connectivity index (χ0n) is 13.1. The average molecular weight is 308 g/mol. The van der Waals surface area contributed by atoms with Crippen LogP contribution in [0.25, 0.3) is 5.57 Å². The first kappa shape index (κ1) is 15.5. The molecule has 2 nitrogen and oxygen atoms in total. The van der Waals surface area contributed by atoms with Crippen LogP contribution in [0.2, 0.25) is 0 Å². The van der Waals surface area contributed by atoms with E-state index in [2.05, 4.69) is 6.92 Å². The highest BCUT2D eigenvalue weighted by Crippen LogP contribution is 2.37. The largest absolute Gasteiger partial charge is 0.487 e. The number of aryl methyl sites for hydroxylation is 1. The van der Waals surface area contributed by atoms with Crippen LogP contribution in [0, 0.1) is 11.6 Å². The molecule has 0 saturated carbocycles. The normalized spacial score (nSPS) is 24.5. The van der Waals surface area contributed by atoms with Crippen LogP contribution in [-0.4, -0.2) is 18.8 Å². The predicted octanol–water partition coefficient (Wildman–Crippen LogP) is 4.65. The van der Waals surface area contributed by atoms with Crippen LogP contribution in [0.5, 0.6) is 5.75 Å². The van der Waals surface area contributed by atoms with E-state index < -0.39 is 11.6 Å². The maximum Gasteiger partial charge on any atom is 0.201 e. The topological polar surface area (TPSA) is 18.5 Å². The van der Waals surface area contributed by atoms with Crippen molar-refractivity contribution >= 4 is 5.57 Å². The molecule has 0 bridgehead atoms. The van der Waals surface area contributed by atoms with E-state index in [1.165, 1.54) is 0 Å². The third-order valence-electron chi connectivity index (χ3n) is 4.44. The van der Waals surface area contributed by atoms with Crippen molar-refractivity contribution in [2.75, 3.05) is 6.61 Å². The van der Waals surface area contributed by atoms with Crippen molar-refractivity contribution < 1.29 is 18.3 Å². The van der Waals surface area contributed by atoms with Gasteiger partial charge in [-0.2, -0.15) is 4.39 Å². The minimum atomic E-state index is -0.854. The molecule has 2 heterocycles. The first-order chi connectivity index (χ1) is 10.6. The molecule has 22 heavy (non-hydrogen) atoms. The maximum atomic E-state index is 14.4. The van der Waals surface area contributed by atoms with E-state index in [9.17, 15) is 8.78 Å². The minimum absolute atomic E-state index is 0.00432. The van der Waals surface area contributed by atoms with Crippen LogP contribution in [0.3, 0.4) is 0 Å². The molecule has 0 amide bonds. The van der Waals surface area contributed by atoms with Crippen molar-refractivity contribution in [1.29, 1.82) is 0 Å². The molecule has 1 aromatic carbocycles. The predicted molar refractivity (Wildman–Crippen MR) is 82.0 cm³/mol. The average Bonchev–Trinajstić information content (AvgIpc) is 2.52. The summed E-state index contributed by atoms with van der Waals surface area (Å²) in [6.45, 7) is 4.36. The Bertz CT molecular complexity index is 595. The molecule has 120 valence electrons. The molecule has 0 aromatic heterocycles. The molecule has 0 radical (unpaired) electrons. The monoisotopic (exact) mass is 308 g/mol. The van der Waals surface area contributed by atoms with Crippen LogP contribution in [0.1, 0.15) is 50.7 Å². The first-order valence-electron chi connectivity index (χ1n) is 8.08. The number of fused-ring (bicyclic) bond motifs is 1. The van der Waals surface area contributed by atoms with Gasteiger partial charge in [-0.25, -0.2) is 4.39 Å². The summed E-state index contributed by atoms with van der Waals surface area (Å²) < 4.78 is 40.1. The zero-order chi connectivity index (χ0) is 15.7. The minimum Gasteiger partial charge on any atom is -0.487 e. The van der Waals surface area contributed by atoms with Crippen LogP contribution in [0.4, 0.5) is 8.78 Å². The van der Waals surface area contributed by atoms with Gasteiger partial charge in [0.25, 0.3) is 0 Å². The van der Waals surface area contributed by atoms with E-state index in [0.29, 0.717) is 12.2 Å². The summed E-state index contributed by atoms with van der Waals surface area (Å²) >= 11 is 0. The van der Waals surface area contributed by atoms with Gasteiger partial charge in [0.15, 0.2) is 11.6 Å². The number of hydrogen-bond acceptors (Lipinski definition) is 2. The Labute approximate surface area is 130 Å². The van der Waals surface area contributed by atoms with Crippen LogP contribution >= 0.6 is 0 Å². The van der Waals surface area contributed by atoms with Crippen molar-refractivity contribution in [1.82, 2.24) is 0 Å². The molecule has 0 aliphatic carbocycles. The fourth-order valence-electron chi connectivity index (χ4n) is 3.13. The summed E-state index contributed by atoms with van der Waals surface area (Å²) in [4.78, 5) is 0. The van der Waals surface area contributed by atoms with Gasteiger partial charge in [-0.3, -0.25) is 0 Å². The summed E-state index contributed by atoms with van der Waals surface area (Å²) in [5, 5.41) is 0. The smallest absolute Gasteiger partial charge is 0.201 e. The van der Waals surface area contributed by atoms with E-state index in [4.69, 9.17) is 9.47 Å². The van der Waals surface area contributed by atoms with E-state index in [1.807, 2.05) is 13.0 Å². The van der Waals surface area contributed by atoms with E-state index in [-0.39, 0.29) is 18.0 Å². The Balaban J connectivity index is 1.94. The zero-order valence-corrected chi connectivity index (χ0v) is 13.1. The molecule has 2 aliphatic rings. The third-order valence-corrected chi connectivity index (χ3v) is 4.44. The lowest BCUT2D eigenvalue weighted by Crippen LogP contribution is -2.24. The SMILES string of the molecule is CCCC1CCc2cc(C3=CCC(C)OC3)c(F)c(F)c2O1. The second kappa shape index (κ2) is 6.37. The Kier molecular flexibility index (Phi) is 4.48. The van der Waals surface area contributed by atoms with Gasteiger partial charge in [0.05, 0.1) is 18.8 Å². The molecule has 0 N–H and O–H groups in total. The highest BCUT2D eigenvalue weighted by molar-refractivity contribution is 5.69. The number of halogens is 2. The van der Waals surface area contributed by atoms with Crippen LogP contribution in [0.15, 0.2) is 12.1 Å². The Morgan fingerprint density at radius 3 is 2.77 bits per heavy atom. The van der Waals surface area contributed by atoms with Crippen molar-refractivity contribution in [2.24, 2.45) is 0 Å². The summed E-state index contributed by atoms with van der Waals surface area (Å²) in [7, 11) is 0. The molecule has 2 aliphatic heterocycles. The summed E-state index contributed by atoms with van der Waals surface area (Å²) in [5.41, 5.74) is 1.81. The summed E-state index contributed by atoms with van der Waals surface area (Å²) in [6.07, 6.45) is 6.24. The van der Waals surface area contributed by atoms with Gasteiger partial charge in [-0.05, 0) is 49.8 Å². The standard InChI is InChI=1S/C18H22F2O2/c1-3-4-14-8-7-12-9-15(13-6-5-11(2)21-10-13)16(19)17(20)18(12)22-14/h6,9,11,14H,3-5,7-8,10H2,1-2H3. The second-order valence-corrected chi connectivity index (χ2v) is 6.19. The fraction of sp³-hybridized carbons (Fsp3) is 0.556. The molecule has 2 atom stereocenters. The van der Waals surface area contributed by atoms with Crippen molar-refractivity contribution in [3.8, 4) is 5.75 Å². The Morgan fingerprint density at radius 2 is 2.09 bits per heavy atom. The highest BCUT2D eigenvalue weighted by atomic mass is 19.2. The van der Waals surface area contributed by atoms with Crippen molar-refractivity contribution in [3.05, 3.63) is 34.9 Å². The van der Waals surface area contributed by atoms with Crippen LogP contribution < -0.4 is 4.74 Å². The lowest BCUT2D eigenvalue weighted by Gasteiger charge is -2.28. The summed E-state index contributed by atoms with van der Waals surface area (Å²) in [6, 6.07) is 1.74. The van der Waals surface area contributed by atoms with E-state index in [0.717, 1.165) is 43.2 Å². The van der Waals surface area contributed by atoms with Gasteiger partial charge >= 0.3 is 0 Å². The lowest BCUT2D eigenvalue weighted by molar-refractivity contribution is 0.0870. The van der Waals surface area contributed by atoms with Crippen molar-refractivity contribution in [3.63, 3.8) is 0 Å². The molecule has 0 saturated heterocycles. The molecule has 4 heteroatoms. The molecule has 0 fully saturated rings. The number of ether oxygens (including phenoxy) is 2. The highest BCUT2D eigenvalue weighted by Gasteiger charge is 2.28. The quantitative estimate of drug-likeness (QED) is 0.809. The van der Waals surface area contributed by atoms with Crippen LogP contribution in [-0.2, 0) is 11.2 Å². The molecule has 0 spiro atoms. The molecular weight excluding hydrogens is 286 g/mol. The number of benzene rings is 1. The Hall–Kier alpha value is -1.42. The number of rotatable bonds is 3. The molecule has 2 unspecified atom stereocenters. The number of hydrogen-bond donors (Lipinski definition) is 0. The maximum absolute atomic E-state index is 14.4. The van der Waals surface area contributed by atoms with Gasteiger partial charge in [0.2, 0.25) is 5.82 Å². The summed E-state index contributed by atoms with van der Waals surface area (Å²) in [5.74, 6) is -1.57. The van der Waals surface area contributed by atoms with E-state index >= 15 is 0 Å². The van der Waals surface area contributed by atoms with E-state index in [1.54, 1.807) is 6.07 Å². The third kappa shape index (κ3) is 2.89. The van der Waals surface area contributed by atoms with Crippen molar-refractivity contribution in [2.45, 2.75) is 58.2 Å². The van der Waals surface area contributed by atoms with Gasteiger partial charge in [-0.1, -0.05) is 19.4 Å². The van der Waals surface area contributed by atoms with Gasteiger partial charge in [-0.15, -0.1) is 0 Å². The lowest BCUT2D eigenvalue weighted by atomic mass is 9.94.